The Morgan fingerprint density at radius 2 is 1.96 bits per heavy atom. The van der Waals surface area contributed by atoms with Crippen LogP contribution in [0.15, 0.2) is 47.1 Å². The van der Waals surface area contributed by atoms with E-state index < -0.39 is 0 Å². The van der Waals surface area contributed by atoms with Crippen molar-refractivity contribution in [2.45, 2.75) is 19.8 Å². The molecule has 4 rings (SSSR count). The summed E-state index contributed by atoms with van der Waals surface area (Å²) in [5.74, 6) is 2.18. The van der Waals surface area contributed by atoms with Crippen molar-refractivity contribution in [3.8, 4) is 22.8 Å². The summed E-state index contributed by atoms with van der Waals surface area (Å²) in [6.45, 7) is 4.37. The molecule has 25 heavy (non-hydrogen) atoms. The monoisotopic (exact) mass is 338 g/mol. The molecule has 1 aliphatic rings. The van der Waals surface area contributed by atoms with E-state index in [1.165, 1.54) is 25.0 Å². The van der Waals surface area contributed by atoms with Gasteiger partial charge in [-0.15, -0.1) is 0 Å². The van der Waals surface area contributed by atoms with Gasteiger partial charge in [0.1, 0.15) is 11.6 Å². The van der Waals surface area contributed by atoms with Crippen LogP contribution in [0.5, 0.6) is 0 Å². The average Bonchev–Trinajstić information content (AvgIpc) is 3.13. The minimum absolute atomic E-state index is 0.328. The van der Waals surface area contributed by atoms with E-state index in [-0.39, 0.29) is 5.82 Å². The Morgan fingerprint density at radius 1 is 1.12 bits per heavy atom. The quantitative estimate of drug-likeness (QED) is 0.717. The van der Waals surface area contributed by atoms with Gasteiger partial charge in [0.15, 0.2) is 0 Å². The van der Waals surface area contributed by atoms with Gasteiger partial charge in [-0.25, -0.2) is 9.37 Å². The van der Waals surface area contributed by atoms with Gasteiger partial charge in [0, 0.05) is 24.8 Å². The van der Waals surface area contributed by atoms with Crippen molar-refractivity contribution >= 4 is 5.82 Å². The highest BCUT2D eigenvalue weighted by Gasteiger charge is 2.17. The standard InChI is InChI=1S/C19H19FN4O/c1-13-7-9-24(10-8-13)17-6-5-15(12-21-17)19-22-18(23-25-19)14-3-2-4-16(20)11-14/h2-6,11-13H,7-10H2,1H3. The molecule has 1 aliphatic heterocycles. The molecule has 6 heteroatoms. The molecule has 0 aliphatic carbocycles. The van der Waals surface area contributed by atoms with Crippen molar-refractivity contribution in [2.75, 3.05) is 18.0 Å². The number of hydrogen-bond acceptors (Lipinski definition) is 5. The van der Waals surface area contributed by atoms with Crippen molar-refractivity contribution < 1.29 is 8.91 Å². The first-order valence-electron chi connectivity index (χ1n) is 8.50. The highest BCUT2D eigenvalue weighted by atomic mass is 19.1. The molecule has 1 fully saturated rings. The highest BCUT2D eigenvalue weighted by molar-refractivity contribution is 5.60. The average molecular weight is 338 g/mol. The normalized spacial score (nSPS) is 15.5. The van der Waals surface area contributed by atoms with E-state index in [0.717, 1.165) is 30.4 Å². The first-order valence-corrected chi connectivity index (χ1v) is 8.50. The first kappa shape index (κ1) is 15.7. The lowest BCUT2D eigenvalue weighted by molar-refractivity contribution is 0.431. The molecule has 3 heterocycles. The van der Waals surface area contributed by atoms with E-state index in [9.17, 15) is 4.39 Å². The zero-order valence-electron chi connectivity index (χ0n) is 14.0. The van der Waals surface area contributed by atoms with Crippen LogP contribution in [0.2, 0.25) is 0 Å². The van der Waals surface area contributed by atoms with Crippen molar-refractivity contribution in [2.24, 2.45) is 5.92 Å². The molecule has 128 valence electrons. The summed E-state index contributed by atoms with van der Waals surface area (Å²) in [5, 5.41) is 3.93. The minimum Gasteiger partial charge on any atom is -0.357 e. The van der Waals surface area contributed by atoms with Crippen molar-refractivity contribution in [1.82, 2.24) is 15.1 Å². The molecule has 0 spiro atoms. The Balaban J connectivity index is 1.53. The molecule has 3 aromatic rings. The van der Waals surface area contributed by atoms with Gasteiger partial charge in [0.2, 0.25) is 5.82 Å². The Kier molecular flexibility index (Phi) is 4.17. The van der Waals surface area contributed by atoms with E-state index >= 15 is 0 Å². The zero-order valence-corrected chi connectivity index (χ0v) is 14.0. The van der Waals surface area contributed by atoms with Crippen LogP contribution in [0.3, 0.4) is 0 Å². The predicted octanol–water partition coefficient (Wildman–Crippen LogP) is 4.17. The van der Waals surface area contributed by atoms with Gasteiger partial charge >= 0.3 is 0 Å². The number of hydrogen-bond donors (Lipinski definition) is 0. The third-order valence-corrected chi connectivity index (χ3v) is 4.61. The van der Waals surface area contributed by atoms with Crippen LogP contribution in [0, 0.1) is 11.7 Å². The van der Waals surface area contributed by atoms with E-state index in [0.29, 0.717) is 17.3 Å². The molecule has 0 radical (unpaired) electrons. The third kappa shape index (κ3) is 3.38. The van der Waals surface area contributed by atoms with Crippen LogP contribution in [-0.2, 0) is 0 Å². The summed E-state index contributed by atoms with van der Waals surface area (Å²) in [5.41, 5.74) is 1.34. The fourth-order valence-corrected chi connectivity index (χ4v) is 3.02. The van der Waals surface area contributed by atoms with Gasteiger partial charge in [-0.2, -0.15) is 4.98 Å². The Hall–Kier alpha value is -2.76. The highest BCUT2D eigenvalue weighted by Crippen LogP contribution is 2.25. The summed E-state index contributed by atoms with van der Waals surface area (Å²) in [4.78, 5) is 11.2. The van der Waals surface area contributed by atoms with Crippen LogP contribution in [-0.4, -0.2) is 28.2 Å². The zero-order chi connectivity index (χ0) is 17.2. The molecule has 0 amide bonds. The molecule has 0 unspecified atom stereocenters. The van der Waals surface area contributed by atoms with Gasteiger partial charge < -0.3 is 9.42 Å². The molecule has 5 nitrogen and oxygen atoms in total. The lowest BCUT2D eigenvalue weighted by Gasteiger charge is -2.31. The van der Waals surface area contributed by atoms with Gasteiger partial charge in [-0.3, -0.25) is 0 Å². The lowest BCUT2D eigenvalue weighted by atomic mass is 9.99. The van der Waals surface area contributed by atoms with Gasteiger partial charge in [0.25, 0.3) is 5.89 Å². The summed E-state index contributed by atoms with van der Waals surface area (Å²) in [7, 11) is 0. The second kappa shape index (κ2) is 6.63. The topological polar surface area (TPSA) is 55.1 Å². The number of piperidine rings is 1. The van der Waals surface area contributed by atoms with Gasteiger partial charge in [0.05, 0.1) is 5.56 Å². The molecule has 1 saturated heterocycles. The fraction of sp³-hybridized carbons (Fsp3) is 0.316. The molecule has 0 bridgehead atoms. The van der Waals surface area contributed by atoms with Crippen LogP contribution in [0.4, 0.5) is 10.2 Å². The van der Waals surface area contributed by atoms with Crippen LogP contribution < -0.4 is 4.90 Å². The van der Waals surface area contributed by atoms with E-state index in [4.69, 9.17) is 4.52 Å². The first-order chi connectivity index (χ1) is 12.2. The van der Waals surface area contributed by atoms with Crippen molar-refractivity contribution in [3.63, 3.8) is 0 Å². The van der Waals surface area contributed by atoms with Gasteiger partial charge in [-0.1, -0.05) is 24.2 Å². The van der Waals surface area contributed by atoms with Crippen LogP contribution >= 0.6 is 0 Å². The molecule has 0 N–H and O–H groups in total. The second-order valence-electron chi connectivity index (χ2n) is 6.51. The van der Waals surface area contributed by atoms with Crippen molar-refractivity contribution in [1.29, 1.82) is 0 Å². The number of aromatic nitrogens is 3. The Labute approximate surface area is 145 Å². The minimum atomic E-state index is -0.328. The van der Waals surface area contributed by atoms with Gasteiger partial charge in [-0.05, 0) is 43.0 Å². The van der Waals surface area contributed by atoms with E-state index in [1.807, 2.05) is 12.1 Å². The maximum absolute atomic E-state index is 13.3. The van der Waals surface area contributed by atoms with Crippen molar-refractivity contribution in [3.05, 3.63) is 48.4 Å². The largest absolute Gasteiger partial charge is 0.357 e. The molecule has 0 saturated carbocycles. The fourth-order valence-electron chi connectivity index (χ4n) is 3.02. The number of halogens is 1. The molecular weight excluding hydrogens is 319 g/mol. The molecule has 0 atom stereocenters. The molecular formula is C19H19FN4O. The molecule has 1 aromatic carbocycles. The maximum atomic E-state index is 13.3. The van der Waals surface area contributed by atoms with Crippen LogP contribution in [0.1, 0.15) is 19.8 Å². The predicted molar refractivity (Wildman–Crippen MR) is 93.5 cm³/mol. The number of anilines is 1. The number of rotatable bonds is 3. The lowest BCUT2D eigenvalue weighted by Crippen LogP contribution is -2.33. The third-order valence-electron chi connectivity index (χ3n) is 4.61. The SMILES string of the molecule is CC1CCN(c2ccc(-c3nc(-c4cccc(F)c4)no3)cn2)CC1. The molecule has 2 aromatic heterocycles. The maximum Gasteiger partial charge on any atom is 0.259 e. The van der Waals surface area contributed by atoms with E-state index in [1.54, 1.807) is 18.3 Å². The summed E-state index contributed by atoms with van der Waals surface area (Å²) in [6, 6.07) is 10.1. The smallest absolute Gasteiger partial charge is 0.259 e. The summed E-state index contributed by atoms with van der Waals surface area (Å²) >= 11 is 0. The summed E-state index contributed by atoms with van der Waals surface area (Å²) < 4.78 is 18.6. The number of benzene rings is 1. The van der Waals surface area contributed by atoms with E-state index in [2.05, 4.69) is 26.9 Å². The number of nitrogens with zero attached hydrogens (tertiary/aromatic N) is 4. The Morgan fingerprint density at radius 3 is 2.68 bits per heavy atom. The Bertz CT molecular complexity index is 854. The second-order valence-corrected chi connectivity index (χ2v) is 6.51. The summed E-state index contributed by atoms with van der Waals surface area (Å²) in [6.07, 6.45) is 4.14. The van der Waals surface area contributed by atoms with Crippen LogP contribution in [0.25, 0.3) is 22.8 Å². The number of pyridine rings is 1.